The lowest BCUT2D eigenvalue weighted by Crippen LogP contribution is -2.05. The van der Waals surface area contributed by atoms with E-state index in [1.807, 2.05) is 0 Å². The SMILES string of the molecule is Cc1cc(C)c(CC(=O)CBr)cc1C. The minimum absolute atomic E-state index is 0.233. The first-order valence-electron chi connectivity index (χ1n) is 4.69. The van der Waals surface area contributed by atoms with Crippen molar-refractivity contribution in [2.45, 2.75) is 27.2 Å². The monoisotopic (exact) mass is 254 g/mol. The van der Waals surface area contributed by atoms with Gasteiger partial charge < -0.3 is 0 Å². The molecule has 0 amide bonds. The van der Waals surface area contributed by atoms with Crippen molar-refractivity contribution < 1.29 is 4.79 Å². The Kier molecular flexibility index (Phi) is 3.87. The Hall–Kier alpha value is -0.630. The molecule has 0 bridgehead atoms. The van der Waals surface area contributed by atoms with Gasteiger partial charge >= 0.3 is 0 Å². The number of Topliss-reactive ketones (excluding diaryl/α,β-unsaturated/α-hetero) is 1. The number of aryl methyl sites for hydroxylation is 3. The van der Waals surface area contributed by atoms with Gasteiger partial charge in [0.05, 0.1) is 5.33 Å². The summed E-state index contributed by atoms with van der Waals surface area (Å²) in [5, 5.41) is 0.444. The van der Waals surface area contributed by atoms with Crippen molar-refractivity contribution in [3.63, 3.8) is 0 Å². The van der Waals surface area contributed by atoms with Gasteiger partial charge in [0.2, 0.25) is 0 Å². The number of benzene rings is 1. The second-order valence-corrected chi connectivity index (χ2v) is 4.27. The molecule has 0 N–H and O–H groups in total. The van der Waals surface area contributed by atoms with Gasteiger partial charge in [-0.1, -0.05) is 28.1 Å². The van der Waals surface area contributed by atoms with Crippen LogP contribution in [0.3, 0.4) is 0 Å². The van der Waals surface area contributed by atoms with E-state index in [1.165, 1.54) is 16.7 Å². The molecule has 0 fully saturated rings. The highest BCUT2D eigenvalue weighted by Gasteiger charge is 2.06. The Morgan fingerprint density at radius 3 is 2.29 bits per heavy atom. The van der Waals surface area contributed by atoms with Gasteiger partial charge in [-0.3, -0.25) is 4.79 Å². The summed E-state index contributed by atoms with van der Waals surface area (Å²) in [7, 11) is 0. The molecule has 0 aliphatic heterocycles. The van der Waals surface area contributed by atoms with Crippen LogP contribution in [0.4, 0.5) is 0 Å². The van der Waals surface area contributed by atoms with Gasteiger partial charge in [0, 0.05) is 6.42 Å². The number of hydrogen-bond donors (Lipinski definition) is 0. The summed E-state index contributed by atoms with van der Waals surface area (Å²) in [5.74, 6) is 0.233. The van der Waals surface area contributed by atoms with Crippen LogP contribution in [0.15, 0.2) is 12.1 Å². The maximum Gasteiger partial charge on any atom is 0.147 e. The number of ketones is 1. The van der Waals surface area contributed by atoms with E-state index < -0.39 is 0 Å². The standard InChI is InChI=1S/C12H15BrO/c1-8-4-10(3)11(5-9(8)2)6-12(14)7-13/h4-5H,6-7H2,1-3H3. The van der Waals surface area contributed by atoms with Crippen LogP contribution in [-0.2, 0) is 11.2 Å². The van der Waals surface area contributed by atoms with Crippen LogP contribution in [0.1, 0.15) is 22.3 Å². The number of halogens is 1. The summed E-state index contributed by atoms with van der Waals surface area (Å²) in [4.78, 5) is 11.3. The summed E-state index contributed by atoms with van der Waals surface area (Å²) in [6.07, 6.45) is 0.540. The van der Waals surface area contributed by atoms with Crippen LogP contribution in [0.5, 0.6) is 0 Å². The Labute approximate surface area is 93.7 Å². The van der Waals surface area contributed by atoms with Crippen LogP contribution in [0.25, 0.3) is 0 Å². The third-order valence-corrected chi connectivity index (χ3v) is 3.11. The van der Waals surface area contributed by atoms with Gasteiger partial charge in [-0.25, -0.2) is 0 Å². The lowest BCUT2D eigenvalue weighted by Gasteiger charge is -2.08. The van der Waals surface area contributed by atoms with Crippen LogP contribution in [-0.4, -0.2) is 11.1 Å². The molecule has 1 aromatic rings. The van der Waals surface area contributed by atoms with Gasteiger partial charge in [-0.2, -0.15) is 0 Å². The number of hydrogen-bond acceptors (Lipinski definition) is 1. The highest BCUT2D eigenvalue weighted by atomic mass is 79.9. The van der Waals surface area contributed by atoms with Crippen molar-refractivity contribution >= 4 is 21.7 Å². The van der Waals surface area contributed by atoms with Gasteiger partial charge in [-0.05, 0) is 43.0 Å². The van der Waals surface area contributed by atoms with Gasteiger partial charge in [0.25, 0.3) is 0 Å². The second-order valence-electron chi connectivity index (χ2n) is 3.71. The van der Waals surface area contributed by atoms with Crippen molar-refractivity contribution in [3.05, 3.63) is 34.4 Å². The average molecular weight is 255 g/mol. The molecule has 0 spiro atoms. The van der Waals surface area contributed by atoms with Crippen molar-refractivity contribution in [1.29, 1.82) is 0 Å². The molecule has 1 nitrogen and oxygen atoms in total. The lowest BCUT2D eigenvalue weighted by atomic mass is 9.98. The molecule has 0 saturated carbocycles. The highest BCUT2D eigenvalue weighted by Crippen LogP contribution is 2.16. The summed E-state index contributed by atoms with van der Waals surface area (Å²) in [5.41, 5.74) is 4.91. The van der Waals surface area contributed by atoms with E-state index in [1.54, 1.807) is 0 Å². The fourth-order valence-electron chi connectivity index (χ4n) is 1.47. The normalized spacial score (nSPS) is 10.3. The molecular formula is C12H15BrO. The molecule has 14 heavy (non-hydrogen) atoms. The molecule has 0 heterocycles. The molecule has 0 aromatic heterocycles. The molecule has 2 heteroatoms. The molecule has 1 rings (SSSR count). The largest absolute Gasteiger partial charge is 0.298 e. The predicted octanol–water partition coefficient (Wildman–Crippen LogP) is 3.12. The molecule has 0 saturated heterocycles. The highest BCUT2D eigenvalue weighted by molar-refractivity contribution is 9.09. The second kappa shape index (κ2) is 4.74. The minimum Gasteiger partial charge on any atom is -0.298 e. The zero-order valence-corrected chi connectivity index (χ0v) is 10.4. The van der Waals surface area contributed by atoms with E-state index in [0.29, 0.717) is 11.8 Å². The first kappa shape index (κ1) is 11.4. The zero-order valence-electron chi connectivity index (χ0n) is 8.86. The Bertz CT molecular complexity index is 356. The first-order chi connectivity index (χ1) is 6.54. The third kappa shape index (κ3) is 2.68. The van der Waals surface area contributed by atoms with Crippen molar-refractivity contribution in [2.24, 2.45) is 0 Å². The molecule has 1 aromatic carbocycles. The van der Waals surface area contributed by atoms with E-state index in [-0.39, 0.29) is 5.78 Å². The van der Waals surface area contributed by atoms with Crippen LogP contribution in [0, 0.1) is 20.8 Å². The Morgan fingerprint density at radius 1 is 1.14 bits per heavy atom. The van der Waals surface area contributed by atoms with E-state index in [2.05, 4.69) is 48.8 Å². The van der Waals surface area contributed by atoms with Crippen molar-refractivity contribution in [2.75, 3.05) is 5.33 Å². The molecule has 0 atom stereocenters. The number of rotatable bonds is 3. The summed E-state index contributed by atoms with van der Waals surface area (Å²) in [6.45, 7) is 6.23. The predicted molar refractivity (Wildman–Crippen MR) is 63.2 cm³/mol. The number of alkyl halides is 1. The van der Waals surface area contributed by atoms with E-state index in [9.17, 15) is 4.79 Å². The van der Waals surface area contributed by atoms with E-state index in [0.717, 1.165) is 5.56 Å². The van der Waals surface area contributed by atoms with Gasteiger partial charge in [0.1, 0.15) is 5.78 Å². The summed E-state index contributed by atoms with van der Waals surface area (Å²) < 4.78 is 0. The quantitative estimate of drug-likeness (QED) is 0.758. The smallest absolute Gasteiger partial charge is 0.147 e. The minimum atomic E-state index is 0.233. The fraction of sp³-hybridized carbons (Fsp3) is 0.417. The number of carbonyl (C=O) groups is 1. The topological polar surface area (TPSA) is 17.1 Å². The summed E-state index contributed by atoms with van der Waals surface area (Å²) >= 11 is 3.18. The van der Waals surface area contributed by atoms with Crippen LogP contribution in [0.2, 0.25) is 0 Å². The maximum absolute atomic E-state index is 11.3. The third-order valence-electron chi connectivity index (χ3n) is 2.49. The number of carbonyl (C=O) groups excluding carboxylic acids is 1. The zero-order chi connectivity index (χ0) is 10.7. The van der Waals surface area contributed by atoms with Crippen LogP contribution < -0.4 is 0 Å². The fourth-order valence-corrected chi connectivity index (χ4v) is 1.67. The molecule has 0 aliphatic rings. The molecule has 0 unspecified atom stereocenters. The Balaban J connectivity index is 2.98. The lowest BCUT2D eigenvalue weighted by molar-refractivity contribution is -0.115. The molecule has 76 valence electrons. The van der Waals surface area contributed by atoms with Gasteiger partial charge in [0.15, 0.2) is 0 Å². The average Bonchev–Trinajstić information content (AvgIpc) is 2.14. The summed E-state index contributed by atoms with van der Waals surface area (Å²) in [6, 6.07) is 4.26. The van der Waals surface area contributed by atoms with Crippen LogP contribution >= 0.6 is 15.9 Å². The van der Waals surface area contributed by atoms with E-state index >= 15 is 0 Å². The maximum atomic E-state index is 11.3. The Morgan fingerprint density at radius 2 is 1.71 bits per heavy atom. The molecule has 0 radical (unpaired) electrons. The van der Waals surface area contributed by atoms with Crippen molar-refractivity contribution in [1.82, 2.24) is 0 Å². The molecule has 0 aliphatic carbocycles. The van der Waals surface area contributed by atoms with Gasteiger partial charge in [-0.15, -0.1) is 0 Å². The van der Waals surface area contributed by atoms with E-state index in [4.69, 9.17) is 0 Å². The first-order valence-corrected chi connectivity index (χ1v) is 5.81. The molecular weight excluding hydrogens is 240 g/mol. The van der Waals surface area contributed by atoms with Crippen molar-refractivity contribution in [3.8, 4) is 0 Å².